The lowest BCUT2D eigenvalue weighted by molar-refractivity contribution is 0.657. The smallest absolute Gasteiger partial charge is 0.159 e. The van der Waals surface area contributed by atoms with Gasteiger partial charge in [-0.25, -0.2) is 0 Å². The Bertz CT molecular complexity index is 3820. The Morgan fingerprint density at radius 2 is 0.815 bits per heavy atom. The van der Waals surface area contributed by atoms with Gasteiger partial charge in [0, 0.05) is 69.0 Å². The molecular formula is C58H36N4OS2. The number of benzene rings is 8. The molecule has 6 heterocycles. The molecule has 0 saturated carbocycles. The second-order valence-corrected chi connectivity index (χ2v) is 20.5. The van der Waals surface area contributed by atoms with Gasteiger partial charge in [0.1, 0.15) is 5.58 Å². The van der Waals surface area contributed by atoms with Gasteiger partial charge >= 0.3 is 0 Å². The molecule has 7 heteroatoms. The number of hydrogen-bond donors (Lipinski definition) is 0. The van der Waals surface area contributed by atoms with E-state index >= 15 is 0 Å². The Labute approximate surface area is 378 Å². The molecule has 14 aromatic rings. The van der Waals surface area contributed by atoms with E-state index in [4.69, 9.17) is 14.4 Å². The van der Waals surface area contributed by atoms with E-state index in [-0.39, 0.29) is 0 Å². The third kappa shape index (κ3) is 5.05. The summed E-state index contributed by atoms with van der Waals surface area (Å²) in [5, 5.41) is 6.91. The molecule has 0 amide bonds. The average molecular weight is 869 g/mol. The van der Waals surface area contributed by atoms with Crippen LogP contribution in [0.5, 0.6) is 0 Å². The van der Waals surface area contributed by atoms with Crippen molar-refractivity contribution in [1.29, 1.82) is 0 Å². The summed E-state index contributed by atoms with van der Waals surface area (Å²) in [4.78, 5) is 14.7. The second kappa shape index (κ2) is 14.0. The standard InChI is InChI=1S/C58H36N4OS2/c1-3-17-37(18-4-1)65(38-19-5-2-6-20-38,51-33-13-24-40-39-23-11-29-49(55(39)63-56(40)51)61-45-27-9-7-21-43(45)53-47(61)31-15-35-59-53)52-34-14-26-42-41-25-12-30-50(57(41)64-58(42)52)62-46-28-10-8-22-44(46)54-48(62)32-16-36-60-54/h1-36H. The van der Waals surface area contributed by atoms with E-state index in [1.54, 1.807) is 0 Å². The molecule has 65 heavy (non-hydrogen) atoms. The molecule has 0 saturated heterocycles. The van der Waals surface area contributed by atoms with Gasteiger partial charge in [-0.2, -0.15) is 0 Å². The fourth-order valence-electron chi connectivity index (χ4n) is 10.5. The summed E-state index contributed by atoms with van der Waals surface area (Å²) in [6.45, 7) is 0. The Balaban J connectivity index is 1.10. The van der Waals surface area contributed by atoms with Crippen LogP contribution in [0.4, 0.5) is 0 Å². The molecule has 5 nitrogen and oxygen atoms in total. The van der Waals surface area contributed by atoms with Crippen molar-refractivity contribution in [2.75, 3.05) is 0 Å². The topological polar surface area (TPSA) is 48.8 Å². The molecule has 0 radical (unpaired) electrons. The molecule has 0 aliphatic heterocycles. The van der Waals surface area contributed by atoms with E-state index in [0.717, 1.165) is 82.1 Å². The van der Waals surface area contributed by atoms with Gasteiger partial charge in [0.05, 0.1) is 49.2 Å². The molecule has 0 N–H and O–H groups in total. The predicted octanol–water partition coefficient (Wildman–Crippen LogP) is 16.3. The summed E-state index contributed by atoms with van der Waals surface area (Å²) >= 11 is 1.89. The number of furan rings is 1. The van der Waals surface area contributed by atoms with Crippen molar-refractivity contribution in [3.05, 3.63) is 219 Å². The Hall–Kier alpha value is -7.97. The lowest BCUT2D eigenvalue weighted by Gasteiger charge is -2.42. The zero-order chi connectivity index (χ0) is 42.6. The molecule has 14 rings (SSSR count). The lowest BCUT2D eigenvalue weighted by Crippen LogP contribution is -2.05. The van der Waals surface area contributed by atoms with Crippen molar-refractivity contribution in [2.24, 2.45) is 0 Å². The number of pyridine rings is 2. The maximum Gasteiger partial charge on any atom is 0.159 e. The number of nitrogens with zero attached hydrogens (tertiary/aromatic N) is 4. The highest BCUT2D eigenvalue weighted by Gasteiger charge is 2.38. The van der Waals surface area contributed by atoms with E-state index in [1.807, 2.05) is 35.9 Å². The molecular weight excluding hydrogens is 833 g/mol. The summed E-state index contributed by atoms with van der Waals surface area (Å²) in [5.74, 6) is 0. The van der Waals surface area contributed by atoms with E-state index in [9.17, 15) is 0 Å². The lowest BCUT2D eigenvalue weighted by atomic mass is 10.1. The highest BCUT2D eigenvalue weighted by Crippen LogP contribution is 2.76. The van der Waals surface area contributed by atoms with E-state index in [0.29, 0.717) is 0 Å². The van der Waals surface area contributed by atoms with Gasteiger partial charge in [-0.15, -0.1) is 21.4 Å². The van der Waals surface area contributed by atoms with Crippen LogP contribution in [-0.4, -0.2) is 19.1 Å². The predicted molar refractivity (Wildman–Crippen MR) is 271 cm³/mol. The van der Waals surface area contributed by atoms with Gasteiger partial charge in [0.15, 0.2) is 5.58 Å². The second-order valence-electron chi connectivity index (χ2n) is 16.5. The van der Waals surface area contributed by atoms with Crippen molar-refractivity contribution in [3.8, 4) is 11.4 Å². The number of para-hydroxylation sites is 4. The fraction of sp³-hybridized carbons (Fsp3) is 0. The normalized spacial score (nSPS) is 12.6. The quantitative estimate of drug-likeness (QED) is 0.167. The van der Waals surface area contributed by atoms with Gasteiger partial charge in [-0.05, 0) is 84.9 Å². The number of fused-ring (bicyclic) bond motifs is 12. The molecule has 0 atom stereocenters. The van der Waals surface area contributed by atoms with Gasteiger partial charge in [-0.3, -0.25) is 9.97 Å². The van der Waals surface area contributed by atoms with Crippen molar-refractivity contribution >= 4 is 107 Å². The monoisotopic (exact) mass is 868 g/mol. The first-order valence-corrected chi connectivity index (χ1v) is 24.3. The molecule has 6 aromatic heterocycles. The van der Waals surface area contributed by atoms with Crippen molar-refractivity contribution in [1.82, 2.24) is 19.1 Å². The van der Waals surface area contributed by atoms with Crippen LogP contribution in [0, 0.1) is 0 Å². The van der Waals surface area contributed by atoms with Gasteiger partial charge in [0.25, 0.3) is 0 Å². The molecule has 8 aromatic carbocycles. The first-order chi connectivity index (χ1) is 32.3. The van der Waals surface area contributed by atoms with Crippen LogP contribution < -0.4 is 0 Å². The van der Waals surface area contributed by atoms with Crippen LogP contribution in [0.25, 0.3) is 97.4 Å². The summed E-state index contributed by atoms with van der Waals surface area (Å²) in [6.07, 6.45) is 3.77. The third-order valence-electron chi connectivity index (χ3n) is 13.1. The van der Waals surface area contributed by atoms with E-state index < -0.39 is 10.0 Å². The Kier molecular flexibility index (Phi) is 7.87. The zero-order valence-electron chi connectivity index (χ0n) is 34.8. The largest absolute Gasteiger partial charge is 0.453 e. The highest BCUT2D eigenvalue weighted by atomic mass is 32.3. The molecule has 0 aliphatic carbocycles. The van der Waals surface area contributed by atoms with Crippen molar-refractivity contribution in [2.45, 2.75) is 19.6 Å². The van der Waals surface area contributed by atoms with E-state index in [2.05, 4.69) is 203 Å². The van der Waals surface area contributed by atoms with Gasteiger partial charge in [-0.1, -0.05) is 121 Å². The van der Waals surface area contributed by atoms with Gasteiger partial charge < -0.3 is 13.6 Å². The fourth-order valence-corrected chi connectivity index (χ4v) is 16.2. The Morgan fingerprint density at radius 1 is 0.354 bits per heavy atom. The molecule has 0 bridgehead atoms. The highest BCUT2D eigenvalue weighted by molar-refractivity contribution is 8.34. The van der Waals surface area contributed by atoms with Crippen LogP contribution in [0.1, 0.15) is 0 Å². The average Bonchev–Trinajstić information content (AvgIpc) is 4.14. The molecule has 0 aliphatic rings. The van der Waals surface area contributed by atoms with Crippen LogP contribution in [0.3, 0.4) is 0 Å². The number of thiophene rings is 1. The number of hydrogen-bond acceptors (Lipinski definition) is 4. The zero-order valence-corrected chi connectivity index (χ0v) is 36.4. The summed E-state index contributed by atoms with van der Waals surface area (Å²) < 4.78 is 14.7. The van der Waals surface area contributed by atoms with Crippen LogP contribution in [-0.2, 0) is 0 Å². The Morgan fingerprint density at radius 3 is 1.45 bits per heavy atom. The van der Waals surface area contributed by atoms with Crippen molar-refractivity contribution in [3.63, 3.8) is 0 Å². The maximum atomic E-state index is 7.50. The summed E-state index contributed by atoms with van der Waals surface area (Å²) in [5.41, 5.74) is 10.3. The summed E-state index contributed by atoms with van der Waals surface area (Å²) in [6, 6.07) is 74.9. The first-order valence-electron chi connectivity index (χ1n) is 21.8. The SMILES string of the molecule is c1ccc(S(c2ccccc2)(c2cccc3c2oc2c(-n4c5ccccc5c5ncccc54)cccc23)c2cccc3c2sc2c(-n4c5ccccc5c5ncccc54)cccc23)cc1. The minimum absolute atomic E-state index is 0.848. The number of aromatic nitrogens is 4. The maximum absolute atomic E-state index is 7.50. The van der Waals surface area contributed by atoms with Gasteiger partial charge in [0.2, 0.25) is 0 Å². The minimum atomic E-state index is -2.25. The van der Waals surface area contributed by atoms with Crippen LogP contribution >= 0.6 is 21.4 Å². The molecule has 0 fully saturated rings. The van der Waals surface area contributed by atoms with Crippen LogP contribution in [0.2, 0.25) is 0 Å². The third-order valence-corrected chi connectivity index (χ3v) is 18.5. The molecule has 0 unspecified atom stereocenters. The van der Waals surface area contributed by atoms with Crippen LogP contribution in [0.15, 0.2) is 243 Å². The summed E-state index contributed by atoms with van der Waals surface area (Å²) in [7, 11) is -2.25. The molecule has 306 valence electrons. The minimum Gasteiger partial charge on any atom is -0.453 e. The molecule has 0 spiro atoms. The van der Waals surface area contributed by atoms with Crippen molar-refractivity contribution < 1.29 is 4.42 Å². The van der Waals surface area contributed by atoms with E-state index in [1.165, 1.54) is 34.9 Å². The number of rotatable bonds is 6. The first kappa shape index (κ1) is 36.5.